The Labute approximate surface area is 105 Å². The van der Waals surface area contributed by atoms with Gasteiger partial charge in [0, 0.05) is 18.7 Å². The standard InChI is InChI=1S/C12H17N3O3/c1-8-3-9(2)14(6-8)7-12(16)11-4-10(5-13-11)15(17)18/h4-5,8-9,13H,3,6-7H2,1-2H3. The Kier molecular flexibility index (Phi) is 3.47. The number of H-pyrrole nitrogens is 1. The van der Waals surface area contributed by atoms with Crippen molar-refractivity contribution in [2.75, 3.05) is 13.1 Å². The number of aromatic nitrogens is 1. The average molecular weight is 251 g/mol. The van der Waals surface area contributed by atoms with Gasteiger partial charge in [0.15, 0.2) is 5.78 Å². The summed E-state index contributed by atoms with van der Waals surface area (Å²) in [6.07, 6.45) is 2.35. The first-order valence-electron chi connectivity index (χ1n) is 6.07. The molecule has 2 atom stereocenters. The molecule has 1 aromatic rings. The topological polar surface area (TPSA) is 79.2 Å². The fraction of sp³-hybridized carbons (Fsp3) is 0.583. The molecule has 6 nitrogen and oxygen atoms in total. The van der Waals surface area contributed by atoms with Crippen LogP contribution in [0.5, 0.6) is 0 Å². The van der Waals surface area contributed by atoms with E-state index in [9.17, 15) is 14.9 Å². The molecule has 2 unspecified atom stereocenters. The van der Waals surface area contributed by atoms with Crippen LogP contribution in [-0.4, -0.2) is 39.7 Å². The minimum Gasteiger partial charge on any atom is -0.353 e. The predicted octanol–water partition coefficient (Wildman–Crippen LogP) is 1.84. The molecule has 98 valence electrons. The van der Waals surface area contributed by atoms with Gasteiger partial charge < -0.3 is 4.98 Å². The summed E-state index contributed by atoms with van der Waals surface area (Å²) in [6, 6.07) is 1.70. The van der Waals surface area contributed by atoms with Crippen molar-refractivity contribution in [2.24, 2.45) is 5.92 Å². The highest BCUT2D eigenvalue weighted by Gasteiger charge is 2.28. The minimum absolute atomic E-state index is 0.0683. The number of carbonyl (C=O) groups excluding carboxylic acids is 1. The predicted molar refractivity (Wildman–Crippen MR) is 66.6 cm³/mol. The number of hydrogen-bond donors (Lipinski definition) is 1. The van der Waals surface area contributed by atoms with Gasteiger partial charge in [-0.2, -0.15) is 0 Å². The highest BCUT2D eigenvalue weighted by Crippen LogP contribution is 2.22. The Hall–Kier alpha value is -1.69. The molecule has 1 N–H and O–H groups in total. The van der Waals surface area contributed by atoms with Crippen molar-refractivity contribution in [3.63, 3.8) is 0 Å². The third-order valence-corrected chi connectivity index (χ3v) is 3.44. The number of aromatic amines is 1. The Morgan fingerprint density at radius 3 is 2.83 bits per heavy atom. The van der Waals surface area contributed by atoms with E-state index in [1.165, 1.54) is 12.3 Å². The summed E-state index contributed by atoms with van der Waals surface area (Å²) in [4.78, 5) is 26.8. The number of Topliss-reactive ketones (excluding diaryl/α,β-unsaturated/α-hetero) is 1. The van der Waals surface area contributed by atoms with Crippen molar-refractivity contribution in [2.45, 2.75) is 26.3 Å². The van der Waals surface area contributed by atoms with Crippen LogP contribution in [0.3, 0.4) is 0 Å². The number of carbonyl (C=O) groups is 1. The first-order valence-corrected chi connectivity index (χ1v) is 6.07. The quantitative estimate of drug-likeness (QED) is 0.503. The van der Waals surface area contributed by atoms with Crippen LogP contribution >= 0.6 is 0 Å². The van der Waals surface area contributed by atoms with E-state index < -0.39 is 4.92 Å². The molecule has 0 amide bonds. The smallest absolute Gasteiger partial charge is 0.287 e. The highest BCUT2D eigenvalue weighted by atomic mass is 16.6. The first-order chi connectivity index (χ1) is 8.47. The first kappa shape index (κ1) is 12.8. The molecule has 0 saturated carbocycles. The lowest BCUT2D eigenvalue weighted by Gasteiger charge is -2.19. The highest BCUT2D eigenvalue weighted by molar-refractivity contribution is 5.96. The second-order valence-corrected chi connectivity index (χ2v) is 5.07. The SMILES string of the molecule is CC1CC(C)N(CC(=O)c2cc([N+](=O)[O-])c[nH]2)C1. The van der Waals surface area contributed by atoms with E-state index in [0.717, 1.165) is 13.0 Å². The monoisotopic (exact) mass is 251 g/mol. The van der Waals surface area contributed by atoms with E-state index in [2.05, 4.69) is 23.7 Å². The number of hydrogen-bond acceptors (Lipinski definition) is 4. The van der Waals surface area contributed by atoms with Crippen LogP contribution in [0.4, 0.5) is 5.69 Å². The van der Waals surface area contributed by atoms with Gasteiger partial charge in [0.1, 0.15) is 0 Å². The van der Waals surface area contributed by atoms with E-state index in [-0.39, 0.29) is 11.5 Å². The lowest BCUT2D eigenvalue weighted by molar-refractivity contribution is -0.384. The summed E-state index contributed by atoms with van der Waals surface area (Å²) >= 11 is 0. The maximum Gasteiger partial charge on any atom is 0.287 e. The lowest BCUT2D eigenvalue weighted by atomic mass is 10.1. The molecule has 6 heteroatoms. The van der Waals surface area contributed by atoms with Gasteiger partial charge in [0.05, 0.1) is 23.4 Å². The molecule has 1 saturated heterocycles. The number of rotatable bonds is 4. The van der Waals surface area contributed by atoms with Gasteiger partial charge in [-0.25, -0.2) is 0 Å². The molecule has 1 aliphatic rings. The Morgan fingerprint density at radius 2 is 2.33 bits per heavy atom. The van der Waals surface area contributed by atoms with Crippen molar-refractivity contribution < 1.29 is 9.72 Å². The number of nitrogens with zero attached hydrogens (tertiary/aromatic N) is 2. The summed E-state index contributed by atoms with van der Waals surface area (Å²) in [5.74, 6) is 0.509. The Bertz CT molecular complexity index is 469. The molecule has 18 heavy (non-hydrogen) atoms. The van der Waals surface area contributed by atoms with Crippen LogP contribution in [0.1, 0.15) is 30.8 Å². The van der Waals surface area contributed by atoms with Gasteiger partial charge in [-0.3, -0.25) is 19.8 Å². The molecule has 2 rings (SSSR count). The molecule has 0 radical (unpaired) electrons. The number of ketones is 1. The van der Waals surface area contributed by atoms with E-state index >= 15 is 0 Å². The van der Waals surface area contributed by atoms with Crippen molar-refractivity contribution in [1.82, 2.24) is 9.88 Å². The van der Waals surface area contributed by atoms with Crippen LogP contribution in [0, 0.1) is 16.0 Å². The zero-order valence-corrected chi connectivity index (χ0v) is 10.5. The minimum atomic E-state index is -0.506. The van der Waals surface area contributed by atoms with Crippen LogP contribution in [-0.2, 0) is 0 Å². The molecule has 0 aliphatic carbocycles. The van der Waals surface area contributed by atoms with Crippen LogP contribution in [0.15, 0.2) is 12.3 Å². The van der Waals surface area contributed by atoms with Crippen molar-refractivity contribution >= 4 is 11.5 Å². The zero-order chi connectivity index (χ0) is 13.3. The van der Waals surface area contributed by atoms with E-state index in [4.69, 9.17) is 0 Å². The van der Waals surface area contributed by atoms with Gasteiger partial charge in [-0.15, -0.1) is 0 Å². The number of nitro groups is 1. The molecule has 0 bridgehead atoms. The van der Waals surface area contributed by atoms with E-state index in [0.29, 0.717) is 24.2 Å². The fourth-order valence-corrected chi connectivity index (χ4v) is 2.53. The molecular formula is C12H17N3O3. The molecule has 1 aromatic heterocycles. The van der Waals surface area contributed by atoms with Gasteiger partial charge in [0.25, 0.3) is 5.69 Å². The maximum absolute atomic E-state index is 12.0. The Morgan fingerprint density at radius 1 is 1.61 bits per heavy atom. The molecule has 0 spiro atoms. The lowest BCUT2D eigenvalue weighted by Crippen LogP contribution is -2.32. The second kappa shape index (κ2) is 4.89. The second-order valence-electron chi connectivity index (χ2n) is 5.07. The summed E-state index contributed by atoms with van der Waals surface area (Å²) in [5, 5.41) is 10.5. The number of likely N-dealkylation sites (tertiary alicyclic amines) is 1. The van der Waals surface area contributed by atoms with Gasteiger partial charge in [-0.05, 0) is 19.3 Å². The summed E-state index contributed by atoms with van der Waals surface area (Å²) in [5.41, 5.74) is 0.245. The average Bonchev–Trinajstić information content (AvgIpc) is 2.86. The third-order valence-electron chi connectivity index (χ3n) is 3.44. The fourth-order valence-electron chi connectivity index (χ4n) is 2.53. The van der Waals surface area contributed by atoms with Crippen molar-refractivity contribution in [3.05, 3.63) is 28.1 Å². The third kappa shape index (κ3) is 2.59. The summed E-state index contributed by atoms with van der Waals surface area (Å²) < 4.78 is 0. The van der Waals surface area contributed by atoms with Crippen LogP contribution < -0.4 is 0 Å². The molecule has 1 aliphatic heterocycles. The Balaban J connectivity index is 2.01. The van der Waals surface area contributed by atoms with Crippen LogP contribution in [0.25, 0.3) is 0 Å². The van der Waals surface area contributed by atoms with Crippen LogP contribution in [0.2, 0.25) is 0 Å². The number of nitrogens with one attached hydrogen (secondary N) is 1. The van der Waals surface area contributed by atoms with Crippen molar-refractivity contribution in [1.29, 1.82) is 0 Å². The molecule has 0 aromatic carbocycles. The molecule has 1 fully saturated rings. The van der Waals surface area contributed by atoms with Gasteiger partial charge in [-0.1, -0.05) is 6.92 Å². The zero-order valence-electron chi connectivity index (χ0n) is 10.5. The molecular weight excluding hydrogens is 234 g/mol. The molecule has 2 heterocycles. The van der Waals surface area contributed by atoms with E-state index in [1.807, 2.05) is 0 Å². The maximum atomic E-state index is 12.0. The summed E-state index contributed by atoms with van der Waals surface area (Å²) in [7, 11) is 0. The van der Waals surface area contributed by atoms with Gasteiger partial charge >= 0.3 is 0 Å². The van der Waals surface area contributed by atoms with Gasteiger partial charge in [0.2, 0.25) is 0 Å². The summed E-state index contributed by atoms with van der Waals surface area (Å²) in [6.45, 7) is 5.51. The van der Waals surface area contributed by atoms with E-state index in [1.54, 1.807) is 0 Å². The normalized spacial score (nSPS) is 24.3. The van der Waals surface area contributed by atoms with Crippen molar-refractivity contribution in [3.8, 4) is 0 Å². The largest absolute Gasteiger partial charge is 0.353 e.